The Balaban J connectivity index is 1.82. The smallest absolute Gasteiger partial charge is 0.243 e. The van der Waals surface area contributed by atoms with Crippen LogP contribution in [0.5, 0.6) is 11.5 Å². The summed E-state index contributed by atoms with van der Waals surface area (Å²) in [4.78, 5) is 12.3. The average Bonchev–Trinajstić information content (AvgIpc) is 2.67. The number of carbonyl (C=O) groups excluding carboxylic acids is 1. The summed E-state index contributed by atoms with van der Waals surface area (Å²) in [5.74, 6) is 1.83. The van der Waals surface area contributed by atoms with E-state index in [0.717, 1.165) is 30.9 Å². The zero-order valence-corrected chi connectivity index (χ0v) is 16.5. The van der Waals surface area contributed by atoms with Crippen LogP contribution in [0.3, 0.4) is 0 Å². The number of para-hydroxylation sites is 2. The molecule has 0 heterocycles. The summed E-state index contributed by atoms with van der Waals surface area (Å²) in [6.07, 6.45) is 2.16. The molecule has 0 unspecified atom stereocenters. The van der Waals surface area contributed by atoms with Crippen molar-refractivity contribution in [3.63, 3.8) is 0 Å². The lowest BCUT2D eigenvalue weighted by molar-refractivity contribution is -0.114. The number of benzene rings is 2. The minimum Gasteiger partial charge on any atom is -0.494 e. The van der Waals surface area contributed by atoms with Gasteiger partial charge in [0.05, 0.1) is 25.4 Å². The van der Waals surface area contributed by atoms with Gasteiger partial charge in [-0.2, -0.15) is 0 Å². The number of amides is 1. The van der Waals surface area contributed by atoms with Gasteiger partial charge in [-0.25, -0.2) is 0 Å². The Morgan fingerprint density at radius 2 is 1.78 bits per heavy atom. The van der Waals surface area contributed by atoms with Crippen LogP contribution in [0, 0.1) is 5.92 Å². The molecule has 0 saturated carbocycles. The molecule has 27 heavy (non-hydrogen) atoms. The average molecular weight is 370 g/mol. The monoisotopic (exact) mass is 370 g/mol. The Hall–Kier alpha value is -2.69. The van der Waals surface area contributed by atoms with Crippen molar-refractivity contribution < 1.29 is 14.3 Å². The number of hydrogen-bond acceptors (Lipinski definition) is 4. The van der Waals surface area contributed by atoms with Gasteiger partial charge in [0.1, 0.15) is 11.5 Å². The van der Waals surface area contributed by atoms with E-state index in [4.69, 9.17) is 9.47 Å². The van der Waals surface area contributed by atoms with Crippen LogP contribution in [0.1, 0.15) is 33.6 Å². The third-order valence-electron chi connectivity index (χ3n) is 3.81. The third kappa shape index (κ3) is 7.60. The standard InChI is InChI=1S/C22H30N2O3/c1-4-5-14-26-19-12-10-18(11-13-19)23-15-22(25)24-20-8-6-7-9-21(20)27-16-17(2)3/h6-13,17,23H,4-5,14-16H2,1-3H3,(H,24,25). The highest BCUT2D eigenvalue weighted by molar-refractivity contribution is 5.95. The highest BCUT2D eigenvalue weighted by atomic mass is 16.5. The lowest BCUT2D eigenvalue weighted by Crippen LogP contribution is -2.22. The first-order valence-corrected chi connectivity index (χ1v) is 9.57. The van der Waals surface area contributed by atoms with E-state index in [9.17, 15) is 4.79 Å². The molecular formula is C22H30N2O3. The Bertz CT molecular complexity index is 699. The van der Waals surface area contributed by atoms with Crippen LogP contribution < -0.4 is 20.1 Å². The van der Waals surface area contributed by atoms with Crippen molar-refractivity contribution in [1.82, 2.24) is 0 Å². The molecule has 0 atom stereocenters. The molecule has 0 saturated heterocycles. The summed E-state index contributed by atoms with van der Waals surface area (Å²) >= 11 is 0. The summed E-state index contributed by atoms with van der Waals surface area (Å²) < 4.78 is 11.4. The largest absolute Gasteiger partial charge is 0.494 e. The summed E-state index contributed by atoms with van der Waals surface area (Å²) in [6, 6.07) is 15.1. The van der Waals surface area contributed by atoms with E-state index in [2.05, 4.69) is 31.4 Å². The van der Waals surface area contributed by atoms with E-state index in [1.807, 2.05) is 48.5 Å². The Morgan fingerprint density at radius 1 is 1.04 bits per heavy atom. The third-order valence-corrected chi connectivity index (χ3v) is 3.81. The number of nitrogens with one attached hydrogen (secondary N) is 2. The van der Waals surface area contributed by atoms with Gasteiger partial charge in [-0.3, -0.25) is 4.79 Å². The van der Waals surface area contributed by atoms with Crippen LogP contribution in [-0.2, 0) is 4.79 Å². The number of carbonyl (C=O) groups is 1. The van der Waals surface area contributed by atoms with Crippen molar-refractivity contribution in [3.05, 3.63) is 48.5 Å². The first-order chi connectivity index (χ1) is 13.1. The second-order valence-corrected chi connectivity index (χ2v) is 6.83. The maximum atomic E-state index is 12.3. The predicted octanol–water partition coefficient (Wildman–Crippen LogP) is 4.95. The van der Waals surface area contributed by atoms with E-state index < -0.39 is 0 Å². The highest BCUT2D eigenvalue weighted by Crippen LogP contribution is 2.24. The number of anilines is 2. The van der Waals surface area contributed by atoms with Crippen molar-refractivity contribution in [2.75, 3.05) is 30.4 Å². The van der Waals surface area contributed by atoms with Gasteiger partial charge in [0.2, 0.25) is 5.91 Å². The van der Waals surface area contributed by atoms with Gasteiger partial charge in [-0.15, -0.1) is 0 Å². The molecule has 2 aromatic carbocycles. The fourth-order valence-corrected chi connectivity index (χ4v) is 2.33. The van der Waals surface area contributed by atoms with Crippen LogP contribution in [0.2, 0.25) is 0 Å². The Kier molecular flexibility index (Phi) is 8.49. The minimum absolute atomic E-state index is 0.126. The molecule has 0 aliphatic carbocycles. The molecule has 2 N–H and O–H groups in total. The topological polar surface area (TPSA) is 59.6 Å². The highest BCUT2D eigenvalue weighted by Gasteiger charge is 2.08. The van der Waals surface area contributed by atoms with Crippen molar-refractivity contribution in [2.45, 2.75) is 33.6 Å². The second-order valence-electron chi connectivity index (χ2n) is 6.83. The lowest BCUT2D eigenvalue weighted by atomic mass is 10.2. The fourth-order valence-electron chi connectivity index (χ4n) is 2.33. The summed E-state index contributed by atoms with van der Waals surface area (Å²) in [5.41, 5.74) is 1.56. The normalized spacial score (nSPS) is 10.5. The summed E-state index contributed by atoms with van der Waals surface area (Å²) in [6.45, 7) is 7.82. The number of unbranched alkanes of at least 4 members (excludes halogenated alkanes) is 1. The maximum Gasteiger partial charge on any atom is 0.243 e. The fraction of sp³-hybridized carbons (Fsp3) is 0.409. The zero-order chi connectivity index (χ0) is 19.5. The molecule has 0 aromatic heterocycles. The first kappa shape index (κ1) is 20.6. The Morgan fingerprint density at radius 3 is 2.48 bits per heavy atom. The van der Waals surface area contributed by atoms with Gasteiger partial charge >= 0.3 is 0 Å². The van der Waals surface area contributed by atoms with Gasteiger partial charge in [0, 0.05) is 5.69 Å². The maximum absolute atomic E-state index is 12.3. The van der Waals surface area contributed by atoms with Crippen LogP contribution in [0.4, 0.5) is 11.4 Å². The quantitative estimate of drug-likeness (QED) is 0.549. The van der Waals surface area contributed by atoms with Crippen LogP contribution >= 0.6 is 0 Å². The van der Waals surface area contributed by atoms with E-state index >= 15 is 0 Å². The molecule has 2 rings (SSSR count). The molecule has 0 aliphatic heterocycles. The van der Waals surface area contributed by atoms with Crippen molar-refractivity contribution in [2.24, 2.45) is 5.92 Å². The van der Waals surface area contributed by atoms with Crippen LogP contribution in [0.15, 0.2) is 48.5 Å². The molecule has 0 aliphatic rings. The summed E-state index contributed by atoms with van der Waals surface area (Å²) in [5, 5.41) is 6.02. The summed E-state index contributed by atoms with van der Waals surface area (Å²) in [7, 11) is 0. The molecule has 0 radical (unpaired) electrons. The van der Waals surface area contributed by atoms with E-state index in [1.165, 1.54) is 0 Å². The molecule has 0 fully saturated rings. The van der Waals surface area contributed by atoms with Gasteiger partial charge in [0.15, 0.2) is 0 Å². The van der Waals surface area contributed by atoms with Crippen molar-refractivity contribution in [1.29, 1.82) is 0 Å². The number of hydrogen-bond donors (Lipinski definition) is 2. The lowest BCUT2D eigenvalue weighted by Gasteiger charge is -2.14. The van der Waals surface area contributed by atoms with Crippen molar-refractivity contribution in [3.8, 4) is 11.5 Å². The van der Waals surface area contributed by atoms with Crippen LogP contribution in [-0.4, -0.2) is 25.7 Å². The predicted molar refractivity (Wildman–Crippen MR) is 111 cm³/mol. The molecule has 2 aromatic rings. The SMILES string of the molecule is CCCCOc1ccc(NCC(=O)Nc2ccccc2OCC(C)C)cc1. The van der Waals surface area contributed by atoms with Gasteiger partial charge in [-0.05, 0) is 48.7 Å². The van der Waals surface area contributed by atoms with Crippen LogP contribution in [0.25, 0.3) is 0 Å². The van der Waals surface area contributed by atoms with E-state index in [1.54, 1.807) is 0 Å². The molecule has 1 amide bonds. The Labute approximate surface area is 162 Å². The number of ether oxygens (including phenoxy) is 2. The number of rotatable bonds is 11. The molecule has 0 bridgehead atoms. The van der Waals surface area contributed by atoms with Gasteiger partial charge in [0.25, 0.3) is 0 Å². The molecule has 5 heteroatoms. The molecule has 146 valence electrons. The molecule has 0 spiro atoms. The van der Waals surface area contributed by atoms with E-state index in [0.29, 0.717) is 24.0 Å². The van der Waals surface area contributed by atoms with Gasteiger partial charge in [-0.1, -0.05) is 39.3 Å². The second kappa shape index (κ2) is 11.1. The first-order valence-electron chi connectivity index (χ1n) is 9.57. The zero-order valence-electron chi connectivity index (χ0n) is 16.5. The van der Waals surface area contributed by atoms with E-state index in [-0.39, 0.29) is 12.5 Å². The molecular weight excluding hydrogens is 340 g/mol. The molecule has 5 nitrogen and oxygen atoms in total. The van der Waals surface area contributed by atoms with Crippen molar-refractivity contribution >= 4 is 17.3 Å². The minimum atomic E-state index is -0.126. The van der Waals surface area contributed by atoms with Gasteiger partial charge < -0.3 is 20.1 Å².